The topological polar surface area (TPSA) is 62.2 Å². The standard InChI is InChI=1S/C15H16FN5O/c16-13-10-18-11-19-14(13)20-6-1-7-21(9-8-20)15(22)12-2-4-17-5-3-12/h2-5,10-11H,1,6-9H2. The lowest BCUT2D eigenvalue weighted by atomic mass is 10.2. The third-order valence-corrected chi connectivity index (χ3v) is 3.66. The Morgan fingerprint density at radius 1 is 1.09 bits per heavy atom. The van der Waals surface area contributed by atoms with Gasteiger partial charge in [0.15, 0.2) is 11.6 Å². The second-order valence-electron chi connectivity index (χ2n) is 5.06. The zero-order valence-corrected chi connectivity index (χ0v) is 12.0. The normalized spacial score (nSPS) is 15.5. The number of carbonyl (C=O) groups excluding carboxylic acids is 1. The van der Waals surface area contributed by atoms with Gasteiger partial charge in [-0.1, -0.05) is 0 Å². The van der Waals surface area contributed by atoms with Crippen molar-refractivity contribution in [3.63, 3.8) is 0 Å². The third-order valence-electron chi connectivity index (χ3n) is 3.66. The molecule has 1 aliphatic heterocycles. The van der Waals surface area contributed by atoms with Gasteiger partial charge in [-0.15, -0.1) is 0 Å². The number of nitrogens with zero attached hydrogens (tertiary/aromatic N) is 5. The van der Waals surface area contributed by atoms with E-state index in [2.05, 4.69) is 15.0 Å². The molecule has 6 nitrogen and oxygen atoms in total. The SMILES string of the molecule is O=C(c1ccncc1)N1CCCN(c2ncncc2F)CC1. The van der Waals surface area contributed by atoms with Crippen molar-refractivity contribution >= 4 is 11.7 Å². The molecule has 0 unspecified atom stereocenters. The Hall–Kier alpha value is -2.57. The van der Waals surface area contributed by atoms with Crippen molar-refractivity contribution in [3.05, 3.63) is 48.4 Å². The minimum absolute atomic E-state index is 0.0209. The molecule has 0 bridgehead atoms. The van der Waals surface area contributed by atoms with E-state index in [4.69, 9.17) is 0 Å². The summed E-state index contributed by atoms with van der Waals surface area (Å²) in [5.74, 6) is -0.156. The number of amides is 1. The van der Waals surface area contributed by atoms with E-state index in [0.29, 0.717) is 37.6 Å². The molecule has 0 spiro atoms. The van der Waals surface area contributed by atoms with E-state index in [1.807, 2.05) is 4.90 Å². The van der Waals surface area contributed by atoms with Crippen LogP contribution in [0.4, 0.5) is 10.2 Å². The molecule has 2 aromatic heterocycles. The number of aromatic nitrogens is 3. The highest BCUT2D eigenvalue weighted by Crippen LogP contribution is 2.17. The van der Waals surface area contributed by atoms with Crippen molar-refractivity contribution in [2.45, 2.75) is 6.42 Å². The van der Waals surface area contributed by atoms with E-state index in [1.54, 1.807) is 29.4 Å². The van der Waals surface area contributed by atoms with Crippen molar-refractivity contribution in [2.75, 3.05) is 31.1 Å². The number of carbonyl (C=O) groups is 1. The van der Waals surface area contributed by atoms with Crippen LogP contribution in [0.5, 0.6) is 0 Å². The molecular weight excluding hydrogens is 285 g/mol. The van der Waals surface area contributed by atoms with E-state index in [0.717, 1.165) is 12.6 Å². The molecule has 1 aliphatic rings. The summed E-state index contributed by atoms with van der Waals surface area (Å²) in [5, 5.41) is 0. The van der Waals surface area contributed by atoms with Crippen LogP contribution in [-0.2, 0) is 0 Å². The molecule has 0 radical (unpaired) electrons. The van der Waals surface area contributed by atoms with Crippen molar-refractivity contribution in [1.29, 1.82) is 0 Å². The zero-order valence-electron chi connectivity index (χ0n) is 12.0. The van der Waals surface area contributed by atoms with E-state index in [-0.39, 0.29) is 5.91 Å². The van der Waals surface area contributed by atoms with Crippen LogP contribution in [0.15, 0.2) is 37.1 Å². The van der Waals surface area contributed by atoms with Gasteiger partial charge < -0.3 is 9.80 Å². The molecule has 3 rings (SSSR count). The molecule has 1 saturated heterocycles. The van der Waals surface area contributed by atoms with Gasteiger partial charge in [0.05, 0.1) is 6.20 Å². The minimum Gasteiger partial charge on any atom is -0.352 e. The summed E-state index contributed by atoms with van der Waals surface area (Å²) in [7, 11) is 0. The highest BCUT2D eigenvalue weighted by molar-refractivity contribution is 5.94. The Bertz CT molecular complexity index is 651. The molecule has 0 saturated carbocycles. The smallest absolute Gasteiger partial charge is 0.254 e. The molecule has 0 aromatic carbocycles. The van der Waals surface area contributed by atoms with Crippen LogP contribution in [0.1, 0.15) is 16.8 Å². The average Bonchev–Trinajstić information content (AvgIpc) is 2.81. The van der Waals surface area contributed by atoms with E-state index in [9.17, 15) is 9.18 Å². The minimum atomic E-state index is -0.434. The maximum atomic E-state index is 13.8. The first-order valence-electron chi connectivity index (χ1n) is 7.15. The van der Waals surface area contributed by atoms with Crippen LogP contribution >= 0.6 is 0 Å². The van der Waals surface area contributed by atoms with Gasteiger partial charge in [-0.2, -0.15) is 0 Å². The van der Waals surface area contributed by atoms with Crippen molar-refractivity contribution < 1.29 is 9.18 Å². The van der Waals surface area contributed by atoms with Crippen LogP contribution in [-0.4, -0.2) is 51.9 Å². The summed E-state index contributed by atoms with van der Waals surface area (Å²) in [6, 6.07) is 3.41. The summed E-state index contributed by atoms with van der Waals surface area (Å²) in [5.41, 5.74) is 0.622. The zero-order chi connectivity index (χ0) is 15.4. The molecule has 0 N–H and O–H groups in total. The number of hydrogen-bond donors (Lipinski definition) is 0. The first-order valence-corrected chi connectivity index (χ1v) is 7.15. The van der Waals surface area contributed by atoms with E-state index in [1.165, 1.54) is 6.33 Å². The number of anilines is 1. The predicted octanol–water partition coefficient (Wildman–Crippen LogP) is 1.36. The maximum Gasteiger partial charge on any atom is 0.254 e. The van der Waals surface area contributed by atoms with Crippen LogP contribution in [0.25, 0.3) is 0 Å². The largest absolute Gasteiger partial charge is 0.352 e. The first-order chi connectivity index (χ1) is 10.8. The van der Waals surface area contributed by atoms with Crippen LogP contribution < -0.4 is 4.90 Å². The molecule has 22 heavy (non-hydrogen) atoms. The number of hydrogen-bond acceptors (Lipinski definition) is 5. The summed E-state index contributed by atoms with van der Waals surface area (Å²) in [6.07, 6.45) is 6.47. The monoisotopic (exact) mass is 301 g/mol. The lowest BCUT2D eigenvalue weighted by Gasteiger charge is -2.23. The van der Waals surface area contributed by atoms with Gasteiger partial charge in [-0.3, -0.25) is 9.78 Å². The molecule has 1 amide bonds. The Kier molecular flexibility index (Phi) is 4.22. The van der Waals surface area contributed by atoms with E-state index >= 15 is 0 Å². The molecule has 114 valence electrons. The summed E-state index contributed by atoms with van der Waals surface area (Å²) in [4.78, 5) is 27.7. The van der Waals surface area contributed by atoms with Gasteiger partial charge in [0.1, 0.15) is 6.33 Å². The fraction of sp³-hybridized carbons (Fsp3) is 0.333. The second kappa shape index (κ2) is 6.46. The number of pyridine rings is 1. The number of halogens is 1. The number of rotatable bonds is 2. The highest BCUT2D eigenvalue weighted by Gasteiger charge is 2.22. The lowest BCUT2D eigenvalue weighted by molar-refractivity contribution is 0.0767. The quantitative estimate of drug-likeness (QED) is 0.838. The Balaban J connectivity index is 1.70. The molecule has 0 atom stereocenters. The Labute approximate surface area is 127 Å². The third kappa shape index (κ3) is 3.03. The van der Waals surface area contributed by atoms with Gasteiger partial charge in [0, 0.05) is 44.1 Å². The van der Waals surface area contributed by atoms with Crippen LogP contribution in [0, 0.1) is 5.82 Å². The first kappa shape index (κ1) is 14.4. The molecule has 7 heteroatoms. The van der Waals surface area contributed by atoms with Crippen LogP contribution in [0.2, 0.25) is 0 Å². The van der Waals surface area contributed by atoms with Crippen molar-refractivity contribution in [2.24, 2.45) is 0 Å². The average molecular weight is 301 g/mol. The van der Waals surface area contributed by atoms with E-state index < -0.39 is 5.82 Å². The molecular formula is C15H16FN5O. The molecule has 2 aromatic rings. The summed E-state index contributed by atoms with van der Waals surface area (Å²) in [6.45, 7) is 2.38. The fourth-order valence-electron chi connectivity index (χ4n) is 2.55. The van der Waals surface area contributed by atoms with Gasteiger partial charge >= 0.3 is 0 Å². The van der Waals surface area contributed by atoms with Gasteiger partial charge in [0.2, 0.25) is 0 Å². The van der Waals surface area contributed by atoms with Gasteiger partial charge in [0.25, 0.3) is 5.91 Å². The second-order valence-corrected chi connectivity index (χ2v) is 5.06. The molecule has 0 aliphatic carbocycles. The Morgan fingerprint density at radius 2 is 1.91 bits per heavy atom. The molecule has 1 fully saturated rings. The maximum absolute atomic E-state index is 13.8. The van der Waals surface area contributed by atoms with Crippen molar-refractivity contribution in [3.8, 4) is 0 Å². The summed E-state index contributed by atoms with van der Waals surface area (Å²) < 4.78 is 13.8. The fourth-order valence-corrected chi connectivity index (χ4v) is 2.55. The lowest BCUT2D eigenvalue weighted by Crippen LogP contribution is -2.35. The van der Waals surface area contributed by atoms with Gasteiger partial charge in [-0.05, 0) is 18.6 Å². The molecule has 3 heterocycles. The van der Waals surface area contributed by atoms with Crippen LogP contribution in [0.3, 0.4) is 0 Å². The Morgan fingerprint density at radius 3 is 2.68 bits per heavy atom. The van der Waals surface area contributed by atoms with Crippen molar-refractivity contribution in [1.82, 2.24) is 19.9 Å². The predicted molar refractivity (Wildman–Crippen MR) is 79.0 cm³/mol. The summed E-state index contributed by atoms with van der Waals surface area (Å²) >= 11 is 0. The van der Waals surface area contributed by atoms with Gasteiger partial charge in [-0.25, -0.2) is 14.4 Å². The highest BCUT2D eigenvalue weighted by atomic mass is 19.1.